The molecule has 156 valence electrons. The smallest absolute Gasteiger partial charge is 0.236 e. The second-order valence-electron chi connectivity index (χ2n) is 7.33. The Kier molecular flexibility index (Phi) is 5.25. The summed E-state index contributed by atoms with van der Waals surface area (Å²) >= 11 is 1.36. The van der Waals surface area contributed by atoms with Crippen LogP contribution in [0.2, 0.25) is 0 Å². The van der Waals surface area contributed by atoms with Gasteiger partial charge in [-0.1, -0.05) is 41.2 Å². The monoisotopic (exact) mass is 432 g/mol. The van der Waals surface area contributed by atoms with Gasteiger partial charge in [0.2, 0.25) is 5.91 Å². The molecule has 3 aromatic heterocycles. The van der Waals surface area contributed by atoms with Gasteiger partial charge in [-0.25, -0.2) is 0 Å². The number of benzene rings is 1. The lowest BCUT2D eigenvalue weighted by atomic mass is 10.1. The third-order valence-corrected chi connectivity index (χ3v) is 6.19. The summed E-state index contributed by atoms with van der Waals surface area (Å²) < 4.78 is 7.15. The first-order valence-electron chi connectivity index (χ1n) is 9.98. The van der Waals surface area contributed by atoms with Crippen LogP contribution in [0.15, 0.2) is 64.5 Å². The van der Waals surface area contributed by atoms with Crippen molar-refractivity contribution in [3.63, 3.8) is 0 Å². The zero-order chi connectivity index (χ0) is 21.2. The summed E-state index contributed by atoms with van der Waals surface area (Å²) in [5.41, 5.74) is 3.57. The molecule has 1 aliphatic carbocycles. The van der Waals surface area contributed by atoms with Crippen molar-refractivity contribution < 1.29 is 9.32 Å². The number of rotatable bonds is 6. The fourth-order valence-corrected chi connectivity index (χ4v) is 4.68. The molecule has 0 aliphatic heterocycles. The van der Waals surface area contributed by atoms with Gasteiger partial charge < -0.3 is 9.84 Å². The highest BCUT2D eigenvalue weighted by atomic mass is 32.2. The summed E-state index contributed by atoms with van der Waals surface area (Å²) in [5, 5.41) is 16.2. The maximum absolute atomic E-state index is 12.4. The normalized spacial score (nSPS) is 15.1. The van der Waals surface area contributed by atoms with Gasteiger partial charge in [0.15, 0.2) is 16.8 Å². The number of pyridine rings is 1. The minimum Gasteiger partial charge on any atom is -0.360 e. The molecule has 1 N–H and O–H groups in total. The molecule has 1 atom stereocenters. The first-order chi connectivity index (χ1) is 15.2. The van der Waals surface area contributed by atoms with Crippen molar-refractivity contribution in [3.05, 3.63) is 71.7 Å². The maximum atomic E-state index is 12.4. The van der Waals surface area contributed by atoms with Crippen LogP contribution in [-0.2, 0) is 11.2 Å². The van der Waals surface area contributed by atoms with Gasteiger partial charge in [0.1, 0.15) is 5.76 Å². The molecule has 0 unspecified atom stereocenters. The van der Waals surface area contributed by atoms with Gasteiger partial charge in [-0.2, -0.15) is 0 Å². The Balaban J connectivity index is 1.44. The van der Waals surface area contributed by atoms with Crippen LogP contribution in [0, 0.1) is 6.92 Å². The first kappa shape index (κ1) is 19.5. The van der Waals surface area contributed by atoms with Gasteiger partial charge in [-0.3, -0.25) is 14.3 Å². The number of anilines is 1. The van der Waals surface area contributed by atoms with Crippen LogP contribution in [0.4, 0.5) is 5.82 Å². The molecule has 3 heterocycles. The molecule has 31 heavy (non-hydrogen) atoms. The van der Waals surface area contributed by atoms with Crippen molar-refractivity contribution in [3.8, 4) is 11.4 Å². The fraction of sp³-hybridized carbons (Fsp3) is 0.227. The van der Waals surface area contributed by atoms with Crippen LogP contribution in [0.5, 0.6) is 0 Å². The van der Waals surface area contributed by atoms with Gasteiger partial charge in [-0.15, -0.1) is 10.2 Å². The molecule has 0 fully saturated rings. The molecular formula is C22H20N6O2S. The van der Waals surface area contributed by atoms with E-state index in [4.69, 9.17) is 4.52 Å². The van der Waals surface area contributed by atoms with Crippen molar-refractivity contribution in [2.24, 2.45) is 0 Å². The summed E-state index contributed by atoms with van der Waals surface area (Å²) in [6, 6.07) is 14.1. The highest BCUT2D eigenvalue weighted by Gasteiger charge is 2.29. The van der Waals surface area contributed by atoms with E-state index in [2.05, 4.69) is 54.5 Å². The van der Waals surface area contributed by atoms with Crippen molar-refractivity contribution in [2.75, 3.05) is 11.1 Å². The number of hydrogen-bond donors (Lipinski definition) is 1. The SMILES string of the molecule is Cc1cc(NC(=O)CSc2nnc(-c3ccncc3)n2[C@@H]2CCc3ccccc32)no1. The highest BCUT2D eigenvalue weighted by Crippen LogP contribution is 2.39. The van der Waals surface area contributed by atoms with E-state index in [1.807, 2.05) is 12.1 Å². The quantitative estimate of drug-likeness (QED) is 0.461. The lowest BCUT2D eigenvalue weighted by molar-refractivity contribution is -0.113. The van der Waals surface area contributed by atoms with Gasteiger partial charge in [0, 0.05) is 24.0 Å². The molecule has 0 spiro atoms. The second-order valence-corrected chi connectivity index (χ2v) is 8.27. The van der Waals surface area contributed by atoms with E-state index in [1.54, 1.807) is 25.4 Å². The van der Waals surface area contributed by atoms with Gasteiger partial charge in [-0.05, 0) is 43.0 Å². The number of aromatic nitrogens is 5. The zero-order valence-corrected chi connectivity index (χ0v) is 17.7. The molecule has 1 aromatic carbocycles. The number of nitrogens with zero attached hydrogens (tertiary/aromatic N) is 5. The van der Waals surface area contributed by atoms with E-state index in [1.165, 1.54) is 22.9 Å². The molecule has 0 bridgehead atoms. The topological polar surface area (TPSA) is 98.7 Å². The van der Waals surface area contributed by atoms with Crippen LogP contribution < -0.4 is 5.32 Å². The van der Waals surface area contributed by atoms with Crippen LogP contribution in [0.1, 0.15) is 29.3 Å². The number of fused-ring (bicyclic) bond motifs is 1. The lowest BCUT2D eigenvalue weighted by Gasteiger charge is -2.18. The number of nitrogens with one attached hydrogen (secondary N) is 1. The minimum absolute atomic E-state index is 0.123. The lowest BCUT2D eigenvalue weighted by Crippen LogP contribution is -2.16. The molecule has 0 radical (unpaired) electrons. The molecule has 5 rings (SSSR count). The molecule has 9 heteroatoms. The molecule has 1 amide bonds. The number of aryl methyl sites for hydroxylation is 2. The Morgan fingerprint density at radius 2 is 2.06 bits per heavy atom. The van der Waals surface area contributed by atoms with Crippen molar-refractivity contribution in [1.82, 2.24) is 24.9 Å². The van der Waals surface area contributed by atoms with Crippen molar-refractivity contribution in [1.29, 1.82) is 0 Å². The first-order valence-corrected chi connectivity index (χ1v) is 11.0. The van der Waals surface area contributed by atoms with Crippen LogP contribution in [0.3, 0.4) is 0 Å². The van der Waals surface area contributed by atoms with Crippen molar-refractivity contribution >= 4 is 23.5 Å². The third kappa shape index (κ3) is 3.96. The Labute approximate surface area is 183 Å². The predicted octanol–water partition coefficient (Wildman–Crippen LogP) is 3.90. The van der Waals surface area contributed by atoms with Crippen LogP contribution >= 0.6 is 11.8 Å². The Bertz CT molecular complexity index is 1220. The highest BCUT2D eigenvalue weighted by molar-refractivity contribution is 7.99. The average Bonchev–Trinajstić information content (AvgIpc) is 3.50. The van der Waals surface area contributed by atoms with Gasteiger partial charge in [0.25, 0.3) is 0 Å². The van der Waals surface area contributed by atoms with E-state index in [0.717, 1.165) is 24.2 Å². The number of amides is 1. The molecule has 8 nitrogen and oxygen atoms in total. The van der Waals surface area contributed by atoms with E-state index in [0.29, 0.717) is 16.7 Å². The summed E-state index contributed by atoms with van der Waals surface area (Å²) in [5.74, 6) is 1.84. The summed E-state index contributed by atoms with van der Waals surface area (Å²) in [6.07, 6.45) is 5.46. The van der Waals surface area contributed by atoms with E-state index < -0.39 is 0 Å². The molecule has 4 aromatic rings. The molecular weight excluding hydrogens is 412 g/mol. The van der Waals surface area contributed by atoms with Gasteiger partial charge >= 0.3 is 0 Å². The Morgan fingerprint density at radius 1 is 1.23 bits per heavy atom. The summed E-state index contributed by atoms with van der Waals surface area (Å²) in [4.78, 5) is 16.5. The van der Waals surface area contributed by atoms with Crippen LogP contribution in [0.25, 0.3) is 11.4 Å². The van der Waals surface area contributed by atoms with Crippen molar-refractivity contribution in [2.45, 2.75) is 31.0 Å². The second kappa shape index (κ2) is 8.35. The average molecular weight is 433 g/mol. The summed E-state index contributed by atoms with van der Waals surface area (Å²) in [7, 11) is 0. The summed E-state index contributed by atoms with van der Waals surface area (Å²) in [6.45, 7) is 1.78. The van der Waals surface area contributed by atoms with E-state index in [9.17, 15) is 4.79 Å². The molecule has 0 saturated heterocycles. The van der Waals surface area contributed by atoms with Gasteiger partial charge in [0.05, 0.1) is 11.8 Å². The molecule has 0 saturated carbocycles. The van der Waals surface area contributed by atoms with E-state index in [-0.39, 0.29) is 17.7 Å². The van der Waals surface area contributed by atoms with Crippen LogP contribution in [-0.4, -0.2) is 36.6 Å². The number of carbonyl (C=O) groups excluding carboxylic acids is 1. The number of carbonyl (C=O) groups is 1. The predicted molar refractivity (Wildman–Crippen MR) is 117 cm³/mol. The van der Waals surface area contributed by atoms with E-state index >= 15 is 0 Å². The Morgan fingerprint density at radius 3 is 2.87 bits per heavy atom. The standard InChI is InChI=1S/C22H20N6O2S/c1-14-12-19(27-30-14)24-20(29)13-31-22-26-25-21(16-8-10-23-11-9-16)28(22)18-7-6-15-4-2-3-5-17(15)18/h2-5,8-12,18H,6-7,13H2,1H3,(H,24,27,29)/t18-/m1/s1. The zero-order valence-electron chi connectivity index (χ0n) is 16.9. The largest absolute Gasteiger partial charge is 0.360 e. The maximum Gasteiger partial charge on any atom is 0.236 e. The fourth-order valence-electron chi connectivity index (χ4n) is 3.89. The minimum atomic E-state index is -0.176. The third-order valence-electron chi connectivity index (χ3n) is 5.24. The Hall–Kier alpha value is -3.46. The number of thioether (sulfide) groups is 1. The molecule has 1 aliphatic rings. The number of hydrogen-bond acceptors (Lipinski definition) is 7.